The third-order valence-electron chi connectivity index (χ3n) is 6.74. The van der Waals surface area contributed by atoms with Crippen LogP contribution in [0, 0.1) is 0 Å². The van der Waals surface area contributed by atoms with Crippen LogP contribution in [0.2, 0.25) is 0 Å². The summed E-state index contributed by atoms with van der Waals surface area (Å²) in [5.41, 5.74) is 6.06. The van der Waals surface area contributed by atoms with Gasteiger partial charge in [-0.3, -0.25) is 9.78 Å². The van der Waals surface area contributed by atoms with Crippen molar-refractivity contribution in [2.45, 2.75) is 51.0 Å². The first kappa shape index (κ1) is 22.4. The SMILES string of the molecule is C[C@H](CNC(=O)c1cnn(-c2ncc3c(n2)-c2ccccc2CCC3)c1C1CC1)Oc1cccnc1. The fourth-order valence-electron chi connectivity index (χ4n) is 4.82. The highest BCUT2D eigenvalue weighted by Gasteiger charge is 2.34. The Balaban J connectivity index is 1.26. The predicted molar refractivity (Wildman–Crippen MR) is 135 cm³/mol. The molecule has 182 valence electrons. The first-order valence-corrected chi connectivity index (χ1v) is 12.5. The number of amides is 1. The molecule has 8 heteroatoms. The molecule has 3 aromatic heterocycles. The molecule has 3 heterocycles. The van der Waals surface area contributed by atoms with Crippen molar-refractivity contribution < 1.29 is 9.53 Å². The Labute approximate surface area is 209 Å². The van der Waals surface area contributed by atoms with E-state index in [1.165, 1.54) is 5.56 Å². The fraction of sp³-hybridized carbons (Fsp3) is 0.321. The van der Waals surface area contributed by atoms with Gasteiger partial charge in [-0.15, -0.1) is 0 Å². The average Bonchev–Trinajstić information content (AvgIpc) is 3.68. The number of nitrogens with one attached hydrogen (secondary N) is 1. The molecule has 4 aromatic rings. The van der Waals surface area contributed by atoms with Gasteiger partial charge in [0, 0.05) is 23.9 Å². The van der Waals surface area contributed by atoms with Crippen LogP contribution >= 0.6 is 0 Å². The van der Waals surface area contributed by atoms with Crippen LogP contribution in [0.5, 0.6) is 5.75 Å². The average molecular weight is 481 g/mol. The van der Waals surface area contributed by atoms with Gasteiger partial charge in [0.05, 0.1) is 35.9 Å². The minimum absolute atomic E-state index is 0.162. The van der Waals surface area contributed by atoms with Crippen molar-refractivity contribution in [3.8, 4) is 23.0 Å². The van der Waals surface area contributed by atoms with E-state index in [0.717, 1.165) is 54.6 Å². The Kier molecular flexibility index (Phi) is 5.93. The van der Waals surface area contributed by atoms with Gasteiger partial charge in [0.1, 0.15) is 11.9 Å². The number of hydrogen-bond donors (Lipinski definition) is 1. The first-order valence-electron chi connectivity index (χ1n) is 12.5. The summed E-state index contributed by atoms with van der Waals surface area (Å²) in [7, 11) is 0. The van der Waals surface area contributed by atoms with E-state index in [4.69, 9.17) is 9.72 Å². The van der Waals surface area contributed by atoms with Crippen LogP contribution in [-0.2, 0) is 12.8 Å². The van der Waals surface area contributed by atoms with Gasteiger partial charge in [0.15, 0.2) is 0 Å². The Morgan fingerprint density at radius 2 is 1.97 bits per heavy atom. The maximum atomic E-state index is 13.2. The van der Waals surface area contributed by atoms with E-state index in [0.29, 0.717) is 23.8 Å². The van der Waals surface area contributed by atoms with Gasteiger partial charge < -0.3 is 10.1 Å². The van der Waals surface area contributed by atoms with Gasteiger partial charge in [-0.25, -0.2) is 14.6 Å². The number of carbonyl (C=O) groups is 1. The smallest absolute Gasteiger partial charge is 0.254 e. The topological polar surface area (TPSA) is 94.8 Å². The molecular formula is C28H28N6O2. The molecule has 0 bridgehead atoms. The zero-order valence-corrected chi connectivity index (χ0v) is 20.2. The van der Waals surface area contributed by atoms with Crippen LogP contribution in [0.1, 0.15) is 59.3 Å². The maximum absolute atomic E-state index is 13.2. The molecule has 1 N–H and O–H groups in total. The molecule has 36 heavy (non-hydrogen) atoms. The molecule has 8 nitrogen and oxygen atoms in total. The summed E-state index contributed by atoms with van der Waals surface area (Å²) >= 11 is 0. The van der Waals surface area contributed by atoms with Gasteiger partial charge in [0.25, 0.3) is 11.9 Å². The Morgan fingerprint density at radius 1 is 1.11 bits per heavy atom. The lowest BCUT2D eigenvalue weighted by atomic mass is 10.0. The van der Waals surface area contributed by atoms with Crippen LogP contribution in [0.3, 0.4) is 0 Å². The largest absolute Gasteiger partial charge is 0.487 e. The van der Waals surface area contributed by atoms with E-state index in [9.17, 15) is 4.79 Å². The molecule has 0 radical (unpaired) electrons. The first-order chi connectivity index (χ1) is 17.7. The number of nitrogens with zero attached hydrogens (tertiary/aromatic N) is 5. The Hall–Kier alpha value is -4.07. The van der Waals surface area contributed by atoms with Crippen LogP contribution in [0.15, 0.2) is 61.2 Å². The van der Waals surface area contributed by atoms with Crippen molar-refractivity contribution in [2.75, 3.05) is 6.54 Å². The third kappa shape index (κ3) is 4.46. The van der Waals surface area contributed by atoms with Gasteiger partial charge in [-0.2, -0.15) is 5.10 Å². The van der Waals surface area contributed by atoms with Crippen molar-refractivity contribution in [3.05, 3.63) is 83.6 Å². The summed E-state index contributed by atoms with van der Waals surface area (Å²) in [4.78, 5) is 26.9. The van der Waals surface area contributed by atoms with Gasteiger partial charge in [0.2, 0.25) is 0 Å². The van der Waals surface area contributed by atoms with E-state index < -0.39 is 0 Å². The highest BCUT2D eigenvalue weighted by molar-refractivity contribution is 5.95. The van der Waals surface area contributed by atoms with Gasteiger partial charge >= 0.3 is 0 Å². The zero-order chi connectivity index (χ0) is 24.5. The minimum Gasteiger partial charge on any atom is -0.487 e. The molecule has 2 aliphatic rings. The molecule has 0 unspecified atom stereocenters. The molecule has 1 amide bonds. The Bertz CT molecular complexity index is 1400. The minimum atomic E-state index is -0.203. The number of aromatic nitrogens is 5. The lowest BCUT2D eigenvalue weighted by Crippen LogP contribution is -2.34. The van der Waals surface area contributed by atoms with Crippen molar-refractivity contribution in [3.63, 3.8) is 0 Å². The normalized spacial score (nSPS) is 15.4. The summed E-state index contributed by atoms with van der Waals surface area (Å²) in [5, 5.41) is 7.58. The molecule has 1 atom stereocenters. The zero-order valence-electron chi connectivity index (χ0n) is 20.2. The van der Waals surface area contributed by atoms with Gasteiger partial charge in [-0.05, 0) is 62.3 Å². The van der Waals surface area contributed by atoms with E-state index in [-0.39, 0.29) is 17.9 Å². The summed E-state index contributed by atoms with van der Waals surface area (Å²) in [6.45, 7) is 2.29. The van der Waals surface area contributed by atoms with Crippen molar-refractivity contribution >= 4 is 5.91 Å². The quantitative estimate of drug-likeness (QED) is 0.424. The second-order valence-electron chi connectivity index (χ2n) is 9.51. The number of fused-ring (bicyclic) bond motifs is 3. The molecule has 1 fully saturated rings. The molecular weight excluding hydrogens is 452 g/mol. The number of pyridine rings is 1. The van der Waals surface area contributed by atoms with Crippen molar-refractivity contribution in [1.82, 2.24) is 30.0 Å². The third-order valence-corrected chi connectivity index (χ3v) is 6.74. The molecule has 0 saturated heterocycles. The highest BCUT2D eigenvalue weighted by Crippen LogP contribution is 2.42. The molecule has 0 spiro atoms. The number of rotatable bonds is 7. The molecule has 0 aliphatic heterocycles. The second-order valence-corrected chi connectivity index (χ2v) is 9.51. The number of benzene rings is 1. The second kappa shape index (κ2) is 9.53. The number of ether oxygens (including phenoxy) is 1. The number of aryl methyl sites for hydroxylation is 2. The summed E-state index contributed by atoms with van der Waals surface area (Å²) in [6, 6.07) is 12.1. The van der Waals surface area contributed by atoms with Crippen LogP contribution < -0.4 is 10.1 Å². The molecule has 6 rings (SSSR count). The monoisotopic (exact) mass is 480 g/mol. The lowest BCUT2D eigenvalue weighted by molar-refractivity contribution is 0.0931. The molecule has 1 aromatic carbocycles. The maximum Gasteiger partial charge on any atom is 0.254 e. The fourth-order valence-corrected chi connectivity index (χ4v) is 4.82. The summed E-state index contributed by atoms with van der Waals surface area (Å²) in [6.07, 6.45) is 11.8. The summed E-state index contributed by atoms with van der Waals surface area (Å²) < 4.78 is 7.60. The van der Waals surface area contributed by atoms with E-state index in [1.54, 1.807) is 23.3 Å². The van der Waals surface area contributed by atoms with Gasteiger partial charge in [-0.1, -0.05) is 24.3 Å². The summed E-state index contributed by atoms with van der Waals surface area (Å²) in [5.74, 6) is 1.31. The van der Waals surface area contributed by atoms with Crippen LogP contribution in [0.4, 0.5) is 0 Å². The van der Waals surface area contributed by atoms with Crippen molar-refractivity contribution in [2.24, 2.45) is 0 Å². The number of hydrogen-bond acceptors (Lipinski definition) is 6. The van der Waals surface area contributed by atoms with E-state index >= 15 is 0 Å². The van der Waals surface area contributed by atoms with E-state index in [2.05, 4.69) is 44.6 Å². The number of carbonyl (C=O) groups excluding carboxylic acids is 1. The lowest BCUT2D eigenvalue weighted by Gasteiger charge is -2.15. The molecule has 2 aliphatic carbocycles. The predicted octanol–water partition coefficient (Wildman–Crippen LogP) is 4.29. The van der Waals surface area contributed by atoms with E-state index in [1.807, 2.05) is 25.3 Å². The Morgan fingerprint density at radius 3 is 2.81 bits per heavy atom. The molecule has 1 saturated carbocycles. The van der Waals surface area contributed by atoms with Crippen LogP contribution in [0.25, 0.3) is 17.2 Å². The van der Waals surface area contributed by atoms with Crippen LogP contribution in [-0.4, -0.2) is 43.3 Å². The highest BCUT2D eigenvalue weighted by atomic mass is 16.5. The standard InChI is InChI=1S/C28H28N6O2/c1-18(36-22-9-5-13-29-16-22)14-30-27(35)24-17-32-34(26(24)20-11-12-20)28-31-15-21-8-4-7-19-6-2-3-10-23(19)25(21)33-28/h2-3,5-6,9-10,13,15-18,20H,4,7-8,11-12,14H2,1H3,(H,30,35)/t18-/m1/s1. The van der Waals surface area contributed by atoms with Crippen molar-refractivity contribution in [1.29, 1.82) is 0 Å².